The lowest BCUT2D eigenvalue weighted by atomic mass is 10.3. The monoisotopic (exact) mass is 122 g/mol. The molecule has 0 bridgehead atoms. The van der Waals surface area contributed by atoms with Crippen LogP contribution in [0.1, 0.15) is 19.0 Å². The highest BCUT2D eigenvalue weighted by Gasteiger charge is 1.81. The van der Waals surface area contributed by atoms with Gasteiger partial charge >= 0.3 is 0 Å². The van der Waals surface area contributed by atoms with Crippen LogP contribution in [0.25, 0.3) is 6.08 Å². The van der Waals surface area contributed by atoms with Crippen LogP contribution < -0.4 is 0 Å². The van der Waals surface area contributed by atoms with E-state index in [1.165, 1.54) is 0 Å². The van der Waals surface area contributed by atoms with Gasteiger partial charge in [-0.1, -0.05) is 13.0 Å². The van der Waals surface area contributed by atoms with E-state index in [4.69, 9.17) is 0 Å². The van der Waals surface area contributed by atoms with Crippen molar-refractivity contribution in [3.8, 4) is 0 Å². The van der Waals surface area contributed by atoms with Crippen molar-refractivity contribution in [3.63, 3.8) is 0 Å². The smallest absolute Gasteiger partial charge is 0.0924 e. The Labute approximate surface area is 54.6 Å². The molecule has 0 aromatic carbocycles. The molecule has 1 N–H and O–H groups in total. The minimum absolute atomic E-state index is 1.07. The van der Waals surface area contributed by atoms with Gasteiger partial charge in [-0.15, -0.1) is 0 Å². The number of hydrogen-bond donors (Lipinski definition) is 1. The summed E-state index contributed by atoms with van der Waals surface area (Å²) in [6.45, 7) is 2.10. The fraction of sp³-hybridized carbons (Fsp3) is 0.286. The largest absolute Gasteiger partial charge is 0.345 e. The highest BCUT2D eigenvalue weighted by Crippen LogP contribution is 1.94. The van der Waals surface area contributed by atoms with Crippen molar-refractivity contribution < 1.29 is 0 Å². The molecular weight excluding hydrogens is 112 g/mol. The Hall–Kier alpha value is -1.05. The summed E-state index contributed by atoms with van der Waals surface area (Å²) in [6, 6.07) is 0. The van der Waals surface area contributed by atoms with E-state index in [0.717, 1.165) is 12.1 Å². The van der Waals surface area contributed by atoms with Crippen molar-refractivity contribution in [2.24, 2.45) is 0 Å². The topological polar surface area (TPSA) is 28.7 Å². The van der Waals surface area contributed by atoms with Gasteiger partial charge in [-0.2, -0.15) is 0 Å². The first-order valence-electron chi connectivity index (χ1n) is 3.08. The van der Waals surface area contributed by atoms with Gasteiger partial charge in [0.05, 0.1) is 18.2 Å². The molecule has 0 saturated carbocycles. The number of hydrogen-bond acceptors (Lipinski definition) is 1. The van der Waals surface area contributed by atoms with E-state index in [0.29, 0.717) is 0 Å². The standard InChI is InChI=1S/C7H10N2/c1-2-3-4-7-5-8-6-9-7/h3-6H,2H2,1H3,(H,8,9). The zero-order valence-electron chi connectivity index (χ0n) is 5.46. The number of rotatable bonds is 2. The molecule has 0 amide bonds. The second-order valence-electron chi connectivity index (χ2n) is 1.82. The molecule has 0 unspecified atom stereocenters. The van der Waals surface area contributed by atoms with Crippen molar-refractivity contribution in [2.45, 2.75) is 13.3 Å². The average molecular weight is 122 g/mol. The Balaban J connectivity index is 2.57. The normalized spacial score (nSPS) is 10.8. The molecule has 0 aliphatic rings. The number of aromatic amines is 1. The Morgan fingerprint density at radius 2 is 2.67 bits per heavy atom. The van der Waals surface area contributed by atoms with Crippen molar-refractivity contribution in [2.75, 3.05) is 0 Å². The highest BCUT2D eigenvalue weighted by molar-refractivity contribution is 5.42. The van der Waals surface area contributed by atoms with Gasteiger partial charge in [0.15, 0.2) is 0 Å². The molecular formula is C7H10N2. The molecule has 0 saturated heterocycles. The first-order valence-corrected chi connectivity index (χ1v) is 3.08. The van der Waals surface area contributed by atoms with E-state index in [2.05, 4.69) is 23.0 Å². The predicted molar refractivity (Wildman–Crippen MR) is 37.9 cm³/mol. The van der Waals surface area contributed by atoms with E-state index in [-0.39, 0.29) is 0 Å². The number of nitrogens with one attached hydrogen (secondary N) is 1. The predicted octanol–water partition coefficient (Wildman–Crippen LogP) is 1.83. The third kappa shape index (κ3) is 1.72. The van der Waals surface area contributed by atoms with Gasteiger partial charge in [0.1, 0.15) is 0 Å². The fourth-order valence-electron chi connectivity index (χ4n) is 0.603. The van der Waals surface area contributed by atoms with Crippen LogP contribution in [0.2, 0.25) is 0 Å². The maximum atomic E-state index is 3.87. The molecule has 1 aromatic heterocycles. The summed E-state index contributed by atoms with van der Waals surface area (Å²) in [5, 5.41) is 0. The molecule has 2 nitrogen and oxygen atoms in total. The summed E-state index contributed by atoms with van der Waals surface area (Å²) in [7, 11) is 0. The van der Waals surface area contributed by atoms with Gasteiger partial charge in [0.2, 0.25) is 0 Å². The van der Waals surface area contributed by atoms with Crippen LogP contribution in [0.5, 0.6) is 0 Å². The fourth-order valence-corrected chi connectivity index (χ4v) is 0.603. The van der Waals surface area contributed by atoms with E-state index in [1.807, 2.05) is 6.08 Å². The third-order valence-corrected chi connectivity index (χ3v) is 1.05. The Morgan fingerprint density at radius 3 is 3.22 bits per heavy atom. The summed E-state index contributed by atoms with van der Waals surface area (Å²) in [6.07, 6.45) is 8.65. The first kappa shape index (κ1) is 6.08. The van der Waals surface area contributed by atoms with Gasteiger partial charge in [0, 0.05) is 0 Å². The number of nitrogens with zero attached hydrogens (tertiary/aromatic N) is 1. The van der Waals surface area contributed by atoms with Crippen LogP contribution in [0.4, 0.5) is 0 Å². The van der Waals surface area contributed by atoms with E-state index >= 15 is 0 Å². The number of imidazole rings is 1. The van der Waals surface area contributed by atoms with Gasteiger partial charge in [0.25, 0.3) is 0 Å². The summed E-state index contributed by atoms with van der Waals surface area (Å²) < 4.78 is 0. The zero-order chi connectivity index (χ0) is 6.53. The number of aromatic nitrogens is 2. The van der Waals surface area contributed by atoms with Crippen LogP contribution in [-0.4, -0.2) is 9.97 Å². The lowest BCUT2D eigenvalue weighted by Gasteiger charge is -1.79. The van der Waals surface area contributed by atoms with Gasteiger partial charge in [-0.05, 0) is 12.5 Å². The quantitative estimate of drug-likeness (QED) is 0.637. The first-order chi connectivity index (χ1) is 4.43. The van der Waals surface area contributed by atoms with Crippen molar-refractivity contribution in [1.82, 2.24) is 9.97 Å². The number of allylic oxidation sites excluding steroid dienone is 1. The molecule has 9 heavy (non-hydrogen) atoms. The Kier molecular flexibility index (Phi) is 2.07. The van der Waals surface area contributed by atoms with Crippen LogP contribution in [0.3, 0.4) is 0 Å². The lowest BCUT2D eigenvalue weighted by molar-refractivity contribution is 1.23. The minimum Gasteiger partial charge on any atom is -0.345 e. The summed E-state index contributed by atoms with van der Waals surface area (Å²) in [4.78, 5) is 6.84. The molecule has 1 aromatic rings. The van der Waals surface area contributed by atoms with Crippen LogP contribution in [0, 0.1) is 0 Å². The Morgan fingerprint density at radius 1 is 1.78 bits per heavy atom. The summed E-state index contributed by atoms with van der Waals surface area (Å²) in [5.74, 6) is 0. The molecule has 0 radical (unpaired) electrons. The van der Waals surface area contributed by atoms with Gasteiger partial charge in [-0.25, -0.2) is 4.98 Å². The summed E-state index contributed by atoms with van der Waals surface area (Å²) >= 11 is 0. The SMILES string of the molecule is CCC=Cc1cnc[nH]1. The second-order valence-corrected chi connectivity index (χ2v) is 1.82. The van der Waals surface area contributed by atoms with Crippen molar-refractivity contribution in [1.29, 1.82) is 0 Å². The molecule has 1 rings (SSSR count). The second kappa shape index (κ2) is 3.07. The van der Waals surface area contributed by atoms with Gasteiger partial charge in [-0.3, -0.25) is 0 Å². The molecule has 0 fully saturated rings. The summed E-state index contributed by atoms with van der Waals surface area (Å²) in [5.41, 5.74) is 1.07. The van der Waals surface area contributed by atoms with Crippen LogP contribution >= 0.6 is 0 Å². The number of H-pyrrole nitrogens is 1. The van der Waals surface area contributed by atoms with Crippen LogP contribution in [0.15, 0.2) is 18.6 Å². The molecule has 2 heteroatoms. The van der Waals surface area contributed by atoms with E-state index < -0.39 is 0 Å². The molecule has 0 atom stereocenters. The van der Waals surface area contributed by atoms with Crippen molar-refractivity contribution >= 4 is 6.08 Å². The van der Waals surface area contributed by atoms with Crippen molar-refractivity contribution in [3.05, 3.63) is 24.3 Å². The van der Waals surface area contributed by atoms with E-state index in [1.54, 1.807) is 12.5 Å². The minimum atomic E-state index is 1.07. The van der Waals surface area contributed by atoms with E-state index in [9.17, 15) is 0 Å². The highest BCUT2D eigenvalue weighted by atomic mass is 14.8. The molecule has 0 aliphatic heterocycles. The lowest BCUT2D eigenvalue weighted by Crippen LogP contribution is -1.65. The average Bonchev–Trinajstić information content (AvgIpc) is 2.34. The molecule has 1 heterocycles. The Bertz CT molecular complexity index is 175. The molecule has 0 aliphatic carbocycles. The maximum absolute atomic E-state index is 3.87. The third-order valence-electron chi connectivity index (χ3n) is 1.05. The van der Waals surface area contributed by atoms with Gasteiger partial charge < -0.3 is 4.98 Å². The molecule has 48 valence electrons. The maximum Gasteiger partial charge on any atom is 0.0924 e. The van der Waals surface area contributed by atoms with Crippen LogP contribution in [-0.2, 0) is 0 Å². The molecule has 0 spiro atoms. The zero-order valence-corrected chi connectivity index (χ0v) is 5.46.